The van der Waals surface area contributed by atoms with Crippen LogP contribution in [0.3, 0.4) is 0 Å². The van der Waals surface area contributed by atoms with Crippen molar-refractivity contribution in [3.8, 4) is 50.7 Å². The van der Waals surface area contributed by atoms with Gasteiger partial charge in [-0.05, 0) is 150 Å². The molecule has 2 aliphatic rings. The number of hydrogen-bond donors (Lipinski definition) is 0. The molecule has 79 heavy (non-hydrogen) atoms. The Morgan fingerprint density at radius 2 is 0.823 bits per heavy atom. The first kappa shape index (κ1) is 49.1. The molecule has 5 heterocycles. The van der Waals surface area contributed by atoms with Gasteiger partial charge in [0, 0.05) is 49.9 Å². The van der Waals surface area contributed by atoms with Crippen molar-refractivity contribution in [2.75, 3.05) is 4.81 Å². The van der Waals surface area contributed by atoms with E-state index in [9.17, 15) is 0 Å². The SMILES string of the molecule is CC(C)(C)c1ccc(N2B3c4c(cc(C(C)(C)C)cc4-n4c5cc6c7cc(C(C)(C)C)ccc7n(-c7ccccc7)c6cc5c5cc(C(C)(C)C)cc3c54)-c3c2c(-c2ccccc2)c(-c2ccccc2)n3-c2ccccc2)cc1. The normalized spacial score (nSPS) is 13.5. The predicted molar refractivity (Wildman–Crippen MR) is 339 cm³/mol. The highest BCUT2D eigenvalue weighted by atomic mass is 15.2. The van der Waals surface area contributed by atoms with Crippen LogP contribution in [0.1, 0.15) is 105 Å². The lowest BCUT2D eigenvalue weighted by molar-refractivity contribution is 0.590. The van der Waals surface area contributed by atoms with Crippen molar-refractivity contribution in [1.29, 1.82) is 0 Å². The lowest BCUT2D eigenvalue weighted by Gasteiger charge is -2.43. The molecule has 5 heteroatoms. The minimum atomic E-state index is -0.200. The number of hydrogen-bond acceptors (Lipinski definition) is 1. The topological polar surface area (TPSA) is 18.0 Å². The van der Waals surface area contributed by atoms with Crippen LogP contribution in [0.5, 0.6) is 0 Å². The summed E-state index contributed by atoms with van der Waals surface area (Å²) in [4.78, 5) is 2.77. The molecule has 0 spiro atoms. The van der Waals surface area contributed by atoms with Crippen molar-refractivity contribution in [1.82, 2.24) is 13.7 Å². The van der Waals surface area contributed by atoms with Crippen molar-refractivity contribution >= 4 is 72.8 Å². The fraction of sp³-hybridized carbons (Fsp3) is 0.216. The van der Waals surface area contributed by atoms with E-state index in [1.54, 1.807) is 0 Å². The largest absolute Gasteiger partial charge is 0.375 e. The van der Waals surface area contributed by atoms with E-state index in [1.807, 2.05) is 0 Å². The van der Waals surface area contributed by atoms with Crippen LogP contribution in [-0.4, -0.2) is 20.5 Å². The number of aromatic nitrogens is 3. The maximum Gasteiger partial charge on any atom is 0.333 e. The third-order valence-electron chi connectivity index (χ3n) is 17.4. The second kappa shape index (κ2) is 17.1. The van der Waals surface area contributed by atoms with Gasteiger partial charge in [0.25, 0.3) is 0 Å². The summed E-state index contributed by atoms with van der Waals surface area (Å²) < 4.78 is 7.82. The zero-order valence-electron chi connectivity index (χ0n) is 47.9. The maximum absolute atomic E-state index is 2.77. The molecule has 4 nitrogen and oxygen atoms in total. The Kier molecular flexibility index (Phi) is 10.6. The van der Waals surface area contributed by atoms with E-state index in [0.717, 1.165) is 5.69 Å². The van der Waals surface area contributed by atoms with Crippen LogP contribution in [0, 0.1) is 0 Å². The first-order valence-electron chi connectivity index (χ1n) is 28.5. The van der Waals surface area contributed by atoms with Crippen LogP contribution in [0.15, 0.2) is 200 Å². The zero-order valence-corrected chi connectivity index (χ0v) is 47.9. The van der Waals surface area contributed by atoms with Crippen molar-refractivity contribution in [3.05, 3.63) is 222 Å². The lowest BCUT2D eigenvalue weighted by atomic mass is 9.43. The highest BCUT2D eigenvalue weighted by Gasteiger charge is 2.48. The summed E-state index contributed by atoms with van der Waals surface area (Å²) in [5.74, 6) is 0. The molecular formula is C74H69BN4. The molecular weight excluding hydrogens is 956 g/mol. The predicted octanol–water partition coefficient (Wildman–Crippen LogP) is 18.4. The van der Waals surface area contributed by atoms with Gasteiger partial charge in [-0.2, -0.15) is 0 Å². The van der Waals surface area contributed by atoms with Crippen molar-refractivity contribution < 1.29 is 0 Å². The third-order valence-corrected chi connectivity index (χ3v) is 17.4. The molecule has 0 radical (unpaired) electrons. The van der Waals surface area contributed by atoms with Gasteiger partial charge < -0.3 is 18.5 Å². The average Bonchev–Trinajstić information content (AvgIpc) is 2.52. The van der Waals surface area contributed by atoms with Crippen LogP contribution in [0.25, 0.3) is 94.3 Å². The molecule has 0 amide bonds. The lowest BCUT2D eigenvalue weighted by Crippen LogP contribution is -2.61. The Labute approximate surface area is 466 Å². The van der Waals surface area contributed by atoms with Crippen LogP contribution < -0.4 is 15.7 Å². The highest BCUT2D eigenvalue weighted by Crippen LogP contribution is 2.56. The van der Waals surface area contributed by atoms with Gasteiger partial charge in [-0.1, -0.05) is 204 Å². The molecule has 9 aromatic carbocycles. The van der Waals surface area contributed by atoms with Gasteiger partial charge in [0.1, 0.15) is 0 Å². The number of benzene rings is 9. The second-order valence-electron chi connectivity index (χ2n) is 26.7. The molecule has 388 valence electrons. The minimum absolute atomic E-state index is 0.0226. The number of rotatable bonds is 5. The molecule has 3 aromatic heterocycles. The molecule has 2 aliphatic heterocycles. The Balaban J connectivity index is 1.22. The minimum Gasteiger partial charge on any atom is -0.375 e. The summed E-state index contributed by atoms with van der Waals surface area (Å²) in [6.45, 7) is 28.1. The maximum atomic E-state index is 2.77. The van der Waals surface area contributed by atoms with Gasteiger partial charge in [-0.3, -0.25) is 0 Å². The van der Waals surface area contributed by atoms with Crippen LogP contribution in [0.2, 0.25) is 0 Å². The van der Waals surface area contributed by atoms with E-state index in [1.165, 1.54) is 133 Å². The number of nitrogens with zero attached hydrogens (tertiary/aromatic N) is 4. The summed E-state index contributed by atoms with van der Waals surface area (Å²) in [6.07, 6.45) is 0. The first-order valence-corrected chi connectivity index (χ1v) is 28.5. The number of para-hydroxylation sites is 2. The first-order chi connectivity index (χ1) is 37.8. The number of anilines is 2. The summed E-state index contributed by atoms with van der Waals surface area (Å²) >= 11 is 0. The van der Waals surface area contributed by atoms with Crippen LogP contribution in [0.4, 0.5) is 11.4 Å². The van der Waals surface area contributed by atoms with Gasteiger partial charge in [-0.15, -0.1) is 0 Å². The molecule has 0 bridgehead atoms. The summed E-state index contributed by atoms with van der Waals surface area (Å²) in [7, 11) is 0. The summed E-state index contributed by atoms with van der Waals surface area (Å²) in [5, 5.41) is 5.09. The van der Waals surface area contributed by atoms with Gasteiger partial charge in [0.05, 0.1) is 39.1 Å². The van der Waals surface area contributed by atoms with E-state index in [-0.39, 0.29) is 28.5 Å². The van der Waals surface area contributed by atoms with Gasteiger partial charge in [-0.25, -0.2) is 0 Å². The molecule has 0 unspecified atom stereocenters. The second-order valence-corrected chi connectivity index (χ2v) is 26.7. The van der Waals surface area contributed by atoms with Crippen molar-refractivity contribution in [2.24, 2.45) is 0 Å². The molecule has 0 saturated carbocycles. The fourth-order valence-corrected chi connectivity index (χ4v) is 13.2. The number of fused-ring (bicyclic) bond motifs is 10. The van der Waals surface area contributed by atoms with Gasteiger partial charge >= 0.3 is 6.85 Å². The highest BCUT2D eigenvalue weighted by molar-refractivity contribution is 6.93. The van der Waals surface area contributed by atoms with E-state index >= 15 is 0 Å². The van der Waals surface area contributed by atoms with E-state index < -0.39 is 0 Å². The third kappa shape index (κ3) is 7.48. The van der Waals surface area contributed by atoms with E-state index in [0.29, 0.717) is 0 Å². The van der Waals surface area contributed by atoms with E-state index in [2.05, 4.69) is 302 Å². The smallest absolute Gasteiger partial charge is 0.333 e. The molecule has 0 atom stereocenters. The monoisotopic (exact) mass is 1020 g/mol. The Bertz CT molecular complexity index is 4410. The summed E-state index contributed by atoms with van der Waals surface area (Å²) in [6, 6.07) is 76.6. The van der Waals surface area contributed by atoms with Gasteiger partial charge in [0.15, 0.2) is 0 Å². The quantitative estimate of drug-likeness (QED) is 0.157. The molecule has 14 rings (SSSR count). The Morgan fingerprint density at radius 3 is 1.41 bits per heavy atom. The fourth-order valence-electron chi connectivity index (χ4n) is 13.2. The Morgan fingerprint density at radius 1 is 0.342 bits per heavy atom. The van der Waals surface area contributed by atoms with Crippen LogP contribution in [-0.2, 0) is 21.7 Å². The van der Waals surface area contributed by atoms with E-state index in [4.69, 9.17) is 0 Å². The van der Waals surface area contributed by atoms with Crippen molar-refractivity contribution in [3.63, 3.8) is 0 Å². The standard InChI is InChI=1S/C74H69BN4/c1-71(2,3)48-33-36-54(37-34-48)79-70-65(46-25-17-13-18-26-46)67(47-27-19-14-20-28-47)77(53-31-23-16-24-32-53)69(70)59-41-51(74(10,11)12)43-64-66(59)75(79)60-42-50(73(7,8)9)40-58-57-45-62-56(44-63(57)78(64)68(58)60)55-39-49(72(4,5)6)35-38-61(55)76(62)52-29-21-15-22-30-52/h13-45H,1-12H3. The zero-order chi connectivity index (χ0) is 54.7. The average molecular weight is 1030 g/mol. The molecule has 0 fully saturated rings. The van der Waals surface area contributed by atoms with Crippen molar-refractivity contribution in [2.45, 2.75) is 105 Å². The molecule has 0 N–H and O–H groups in total. The van der Waals surface area contributed by atoms with Gasteiger partial charge in [0.2, 0.25) is 0 Å². The molecule has 0 aliphatic carbocycles. The van der Waals surface area contributed by atoms with Crippen LogP contribution >= 0.6 is 0 Å². The Hall–Kier alpha value is -8.28. The summed E-state index contributed by atoms with van der Waals surface area (Å²) in [5.41, 5.74) is 25.6. The molecule has 0 saturated heterocycles. The molecule has 12 aromatic rings.